The molecule has 260 valence electrons. The fraction of sp³-hybridized carbons (Fsp3) is 0.947. The van der Waals surface area contributed by atoms with Crippen LogP contribution in [0.5, 0.6) is 0 Å². The number of esters is 2. The molecule has 2 heterocycles. The van der Waals surface area contributed by atoms with E-state index in [9.17, 15) is 9.59 Å². The predicted octanol–water partition coefficient (Wildman–Crippen LogP) is 10.8. The minimum Gasteiger partial charge on any atom is -0.393 e. The van der Waals surface area contributed by atoms with Crippen LogP contribution in [0.2, 0.25) is 0 Å². The lowest BCUT2D eigenvalue weighted by Crippen LogP contribution is -2.11. The van der Waals surface area contributed by atoms with E-state index in [0.717, 1.165) is 52.1 Å². The molecule has 0 N–H and O–H groups in total. The zero-order valence-electron chi connectivity index (χ0n) is 29.2. The molecule has 0 bridgehead atoms. The molecule has 2 unspecified atom stereocenters. The van der Waals surface area contributed by atoms with Gasteiger partial charge in [0.25, 0.3) is 0 Å². The lowest BCUT2D eigenvalue weighted by molar-refractivity contribution is -0.159. The van der Waals surface area contributed by atoms with Crippen LogP contribution in [0.25, 0.3) is 0 Å². The Morgan fingerprint density at radius 3 is 0.955 bits per heavy atom. The van der Waals surface area contributed by atoms with Crippen LogP contribution in [0, 0.1) is 0 Å². The summed E-state index contributed by atoms with van der Waals surface area (Å²) in [5.41, 5.74) is 0. The van der Waals surface area contributed by atoms with Crippen molar-refractivity contribution in [3.8, 4) is 0 Å². The van der Waals surface area contributed by atoms with Gasteiger partial charge in [-0.25, -0.2) is 0 Å². The molecule has 2 saturated heterocycles. The third kappa shape index (κ3) is 32.4. The van der Waals surface area contributed by atoms with Gasteiger partial charge >= 0.3 is 11.9 Å². The molecule has 0 saturated carbocycles. The number of epoxide rings is 2. The minimum absolute atomic E-state index is 0.326. The van der Waals surface area contributed by atoms with Gasteiger partial charge in [0.2, 0.25) is 0 Å². The Labute approximate surface area is 272 Å². The molecule has 6 nitrogen and oxygen atoms in total. The van der Waals surface area contributed by atoms with Crippen molar-refractivity contribution in [3.63, 3.8) is 0 Å². The lowest BCUT2D eigenvalue weighted by Gasteiger charge is -2.05. The number of carbonyl (C=O) groups is 2. The molecule has 0 aromatic rings. The lowest BCUT2D eigenvalue weighted by atomic mass is 10.0. The van der Waals surface area contributed by atoms with E-state index in [1.54, 1.807) is 0 Å². The summed E-state index contributed by atoms with van der Waals surface area (Å²) in [5.74, 6) is -0.652. The van der Waals surface area contributed by atoms with Crippen LogP contribution in [0.15, 0.2) is 0 Å². The van der Waals surface area contributed by atoms with Crippen LogP contribution >= 0.6 is 0 Å². The first kappa shape index (κ1) is 41.0. The summed E-state index contributed by atoms with van der Waals surface area (Å²) in [5, 5.41) is 0. The van der Waals surface area contributed by atoms with Crippen molar-refractivity contribution in [3.05, 3.63) is 0 Å². The number of hydrogen-bond acceptors (Lipinski definition) is 6. The summed E-state index contributed by atoms with van der Waals surface area (Å²) >= 11 is 0. The molecule has 2 fully saturated rings. The van der Waals surface area contributed by atoms with Gasteiger partial charge in [0.05, 0.1) is 26.4 Å². The zero-order valence-corrected chi connectivity index (χ0v) is 29.2. The van der Waals surface area contributed by atoms with Crippen molar-refractivity contribution < 1.29 is 28.5 Å². The summed E-state index contributed by atoms with van der Waals surface area (Å²) < 4.78 is 20.1. The predicted molar refractivity (Wildman–Crippen MR) is 182 cm³/mol. The van der Waals surface area contributed by atoms with E-state index >= 15 is 0 Å². The van der Waals surface area contributed by atoms with Gasteiger partial charge in [-0.1, -0.05) is 168 Å². The maximum Gasteiger partial charge on any atom is 0.313 e. The van der Waals surface area contributed by atoms with E-state index in [1.165, 1.54) is 141 Å². The molecule has 2 aliphatic rings. The highest BCUT2D eigenvalue weighted by Crippen LogP contribution is 2.15. The van der Waals surface area contributed by atoms with E-state index in [-0.39, 0.29) is 11.9 Å². The molecule has 2 rings (SSSR count). The topological polar surface area (TPSA) is 77.7 Å². The molecular weight excluding hydrogens is 552 g/mol. The average molecular weight is 625 g/mol. The molecular formula is C38H72O6. The quantitative estimate of drug-likeness (QED) is 0.0321. The van der Waals surface area contributed by atoms with Crippen molar-refractivity contribution >= 4 is 11.9 Å². The van der Waals surface area contributed by atoms with Crippen molar-refractivity contribution in [1.29, 1.82) is 0 Å². The molecule has 0 spiro atoms. The monoisotopic (exact) mass is 625 g/mol. The molecule has 0 aromatic carbocycles. The van der Waals surface area contributed by atoms with Gasteiger partial charge in [-0.15, -0.1) is 0 Å². The Hall–Kier alpha value is -0.980. The van der Waals surface area contributed by atoms with Gasteiger partial charge in [-0.2, -0.15) is 0 Å². The number of ether oxygens (including phenoxy) is 4. The molecule has 0 amide bonds. The van der Waals surface area contributed by atoms with Gasteiger partial charge in [0, 0.05) is 12.8 Å². The summed E-state index contributed by atoms with van der Waals surface area (Å²) in [6.45, 7) is 7.80. The van der Waals surface area contributed by atoms with E-state index in [1.807, 2.05) is 0 Å². The van der Waals surface area contributed by atoms with Crippen LogP contribution in [0.1, 0.15) is 194 Å². The number of carbonyl (C=O) groups excluding carboxylic acids is 2. The highest BCUT2D eigenvalue weighted by molar-refractivity contribution is 5.85. The summed E-state index contributed by atoms with van der Waals surface area (Å²) in [4.78, 5) is 23.7. The molecule has 2 aliphatic heterocycles. The highest BCUT2D eigenvalue weighted by Gasteiger charge is 2.26. The molecule has 6 heteroatoms. The van der Waals surface area contributed by atoms with Crippen LogP contribution in [0.3, 0.4) is 0 Å². The van der Waals surface area contributed by atoms with Crippen LogP contribution in [-0.4, -0.2) is 50.6 Å². The van der Waals surface area contributed by atoms with Gasteiger partial charge < -0.3 is 18.9 Å². The van der Waals surface area contributed by atoms with Gasteiger partial charge in [-0.05, 0) is 12.8 Å². The van der Waals surface area contributed by atoms with E-state index < -0.39 is 0 Å². The first-order chi connectivity index (χ1) is 21.7. The molecule has 0 radical (unpaired) electrons. The number of hydrogen-bond donors (Lipinski definition) is 0. The first-order valence-electron chi connectivity index (χ1n) is 19.2. The second kappa shape index (κ2) is 32.0. The Balaban J connectivity index is 0.000000894. The van der Waals surface area contributed by atoms with Crippen LogP contribution in [0.4, 0.5) is 0 Å². The van der Waals surface area contributed by atoms with E-state index in [4.69, 9.17) is 18.9 Å². The van der Waals surface area contributed by atoms with Gasteiger partial charge in [0.1, 0.15) is 12.2 Å². The SMILES string of the molecule is C(OCC1CO1)C1CO1.CCCCCCCCCCCCCCCC(=O)OC(=O)CCCCCCCCCCCCCCC. The number of unbranched alkanes of at least 4 members (excludes halogenated alkanes) is 24. The maximum absolute atomic E-state index is 11.8. The Morgan fingerprint density at radius 2 is 0.705 bits per heavy atom. The van der Waals surface area contributed by atoms with Crippen LogP contribution in [-0.2, 0) is 28.5 Å². The molecule has 0 aliphatic carbocycles. The smallest absolute Gasteiger partial charge is 0.313 e. The third-order valence-electron chi connectivity index (χ3n) is 8.61. The Kier molecular flexibility index (Phi) is 29.8. The standard InChI is InChI=1S/C32H62O3.C6H10O3/c1-3-5-7-9-11-13-15-17-19-21-23-25-27-29-31(33)35-32(34)30-28-26-24-22-20-18-16-14-12-10-8-6-4-2;1(5-3-8-5)7-2-6-4-9-6/h3-30H2,1-2H3;5-6H,1-4H2. The second-order valence-corrected chi connectivity index (χ2v) is 13.3. The second-order valence-electron chi connectivity index (χ2n) is 13.3. The summed E-state index contributed by atoms with van der Waals surface area (Å²) in [6, 6.07) is 0. The zero-order chi connectivity index (χ0) is 31.8. The van der Waals surface area contributed by atoms with E-state index in [0.29, 0.717) is 25.0 Å². The van der Waals surface area contributed by atoms with Gasteiger partial charge in [0.15, 0.2) is 0 Å². The molecule has 2 atom stereocenters. The fourth-order valence-corrected chi connectivity index (χ4v) is 5.46. The fourth-order valence-electron chi connectivity index (χ4n) is 5.46. The van der Waals surface area contributed by atoms with Crippen LogP contribution < -0.4 is 0 Å². The largest absolute Gasteiger partial charge is 0.393 e. The van der Waals surface area contributed by atoms with Crippen molar-refractivity contribution in [2.24, 2.45) is 0 Å². The third-order valence-corrected chi connectivity index (χ3v) is 8.61. The highest BCUT2D eigenvalue weighted by atomic mass is 16.6. The van der Waals surface area contributed by atoms with Gasteiger partial charge in [-0.3, -0.25) is 9.59 Å². The van der Waals surface area contributed by atoms with Crippen molar-refractivity contribution in [2.45, 2.75) is 206 Å². The van der Waals surface area contributed by atoms with E-state index in [2.05, 4.69) is 13.8 Å². The normalized spacial score (nSPS) is 16.8. The maximum atomic E-state index is 11.8. The van der Waals surface area contributed by atoms with Crippen molar-refractivity contribution in [2.75, 3.05) is 26.4 Å². The summed E-state index contributed by atoms with van der Waals surface area (Å²) in [7, 11) is 0. The first-order valence-corrected chi connectivity index (χ1v) is 19.2. The average Bonchev–Trinajstić information content (AvgIpc) is 3.95. The Bertz CT molecular complexity index is 579. The Morgan fingerprint density at radius 1 is 0.455 bits per heavy atom. The minimum atomic E-state index is -0.326. The number of rotatable bonds is 32. The summed E-state index contributed by atoms with van der Waals surface area (Å²) in [6.07, 6.45) is 35.1. The molecule has 0 aromatic heterocycles. The van der Waals surface area contributed by atoms with Crippen molar-refractivity contribution in [1.82, 2.24) is 0 Å². The molecule has 44 heavy (non-hydrogen) atoms.